The normalized spacial score (nSPS) is 9.61. The van der Waals surface area contributed by atoms with Gasteiger partial charge < -0.3 is 4.98 Å². The Kier molecular flexibility index (Phi) is 3.92. The molecule has 0 bridgehead atoms. The summed E-state index contributed by atoms with van der Waals surface area (Å²) < 4.78 is 0. The molecule has 0 saturated heterocycles. The summed E-state index contributed by atoms with van der Waals surface area (Å²) in [6, 6.07) is 19.7. The van der Waals surface area contributed by atoms with Gasteiger partial charge in [-0.05, 0) is 24.4 Å². The third-order valence-electron chi connectivity index (χ3n) is 2.62. The number of aromatic amines is 1. The molecule has 3 rings (SSSR count). The van der Waals surface area contributed by atoms with Crippen LogP contribution in [-0.2, 0) is 0 Å². The molecular formula is C16H15NO. The van der Waals surface area contributed by atoms with E-state index in [1.54, 1.807) is 6.20 Å². The molecule has 2 heteroatoms. The molecule has 90 valence electrons. The average molecular weight is 237 g/mol. The predicted molar refractivity (Wildman–Crippen MR) is 75.7 cm³/mol. The number of aromatic nitrogens is 1. The molecule has 0 aliphatic carbocycles. The lowest BCUT2D eigenvalue weighted by molar-refractivity contribution is 1.28. The Bertz CT molecular complexity index is 666. The fourth-order valence-electron chi connectivity index (χ4n) is 1.67. The molecule has 1 N–H and O–H groups in total. The molecule has 0 aliphatic heterocycles. The smallest absolute Gasteiger partial charge is 0.255 e. The molecule has 0 amide bonds. The largest absolute Gasteiger partial charge is 0.329 e. The monoisotopic (exact) mass is 237 g/mol. The van der Waals surface area contributed by atoms with Gasteiger partial charge in [0.1, 0.15) is 0 Å². The Hall–Kier alpha value is -2.35. The van der Waals surface area contributed by atoms with Crippen LogP contribution in [0.2, 0.25) is 0 Å². The third-order valence-corrected chi connectivity index (χ3v) is 2.62. The van der Waals surface area contributed by atoms with Crippen LogP contribution in [0.15, 0.2) is 71.7 Å². The van der Waals surface area contributed by atoms with Crippen LogP contribution in [0, 0.1) is 6.92 Å². The van der Waals surface area contributed by atoms with Gasteiger partial charge in [-0.25, -0.2) is 0 Å². The van der Waals surface area contributed by atoms with E-state index >= 15 is 0 Å². The topological polar surface area (TPSA) is 32.9 Å². The zero-order valence-corrected chi connectivity index (χ0v) is 10.3. The number of hydrogen-bond acceptors (Lipinski definition) is 1. The molecule has 0 radical (unpaired) electrons. The van der Waals surface area contributed by atoms with E-state index in [4.69, 9.17) is 0 Å². The molecule has 0 fully saturated rings. The van der Waals surface area contributed by atoms with Crippen molar-refractivity contribution in [2.24, 2.45) is 0 Å². The van der Waals surface area contributed by atoms with Crippen LogP contribution in [0.5, 0.6) is 0 Å². The van der Waals surface area contributed by atoms with Crippen molar-refractivity contribution in [3.63, 3.8) is 0 Å². The van der Waals surface area contributed by atoms with Crippen LogP contribution in [-0.4, -0.2) is 4.98 Å². The maximum Gasteiger partial charge on any atom is 0.255 e. The van der Waals surface area contributed by atoms with Crippen molar-refractivity contribution in [1.29, 1.82) is 0 Å². The van der Waals surface area contributed by atoms with Crippen molar-refractivity contribution in [1.82, 2.24) is 4.98 Å². The van der Waals surface area contributed by atoms with Crippen LogP contribution in [0.1, 0.15) is 5.56 Å². The van der Waals surface area contributed by atoms with Gasteiger partial charge in [0.15, 0.2) is 0 Å². The van der Waals surface area contributed by atoms with Crippen molar-refractivity contribution in [2.75, 3.05) is 0 Å². The fraction of sp³-hybridized carbons (Fsp3) is 0.0625. The maximum atomic E-state index is 11.1. The van der Waals surface area contributed by atoms with Crippen molar-refractivity contribution < 1.29 is 0 Å². The Labute approximate surface area is 106 Å². The summed E-state index contributed by atoms with van der Waals surface area (Å²) in [6.45, 7) is 2.08. The highest BCUT2D eigenvalue weighted by molar-refractivity contribution is 5.80. The maximum absolute atomic E-state index is 11.1. The number of aryl methyl sites for hydroxylation is 1. The lowest BCUT2D eigenvalue weighted by atomic mass is 10.2. The minimum atomic E-state index is -0.0249. The molecule has 1 aromatic heterocycles. The number of fused-ring (bicyclic) bond motifs is 1. The number of hydrogen-bond donors (Lipinski definition) is 1. The van der Waals surface area contributed by atoms with Gasteiger partial charge >= 0.3 is 0 Å². The van der Waals surface area contributed by atoms with E-state index in [-0.39, 0.29) is 5.56 Å². The van der Waals surface area contributed by atoms with E-state index in [0.29, 0.717) is 0 Å². The zero-order valence-electron chi connectivity index (χ0n) is 10.3. The zero-order chi connectivity index (χ0) is 12.8. The summed E-state index contributed by atoms with van der Waals surface area (Å²) in [4.78, 5) is 13.7. The molecular weight excluding hydrogens is 222 g/mol. The first-order chi connectivity index (χ1) is 8.77. The minimum Gasteiger partial charge on any atom is -0.329 e. The van der Waals surface area contributed by atoms with Crippen LogP contribution in [0.4, 0.5) is 0 Å². The van der Waals surface area contributed by atoms with Gasteiger partial charge in [0, 0.05) is 11.6 Å². The Balaban J connectivity index is 0.000000149. The van der Waals surface area contributed by atoms with E-state index < -0.39 is 0 Å². The van der Waals surface area contributed by atoms with E-state index in [2.05, 4.69) is 24.0 Å². The SMILES string of the molecule is Cc1ccccc1.O=c1[nH]ccc2ccccc12. The fourth-order valence-corrected chi connectivity index (χ4v) is 1.67. The van der Waals surface area contributed by atoms with Gasteiger partial charge in [-0.3, -0.25) is 4.79 Å². The molecule has 0 aliphatic rings. The number of benzene rings is 2. The summed E-state index contributed by atoms with van der Waals surface area (Å²) in [7, 11) is 0. The Morgan fingerprint density at radius 3 is 2.11 bits per heavy atom. The number of rotatable bonds is 0. The van der Waals surface area contributed by atoms with Crippen LogP contribution < -0.4 is 5.56 Å². The van der Waals surface area contributed by atoms with Gasteiger partial charge in [0.05, 0.1) is 0 Å². The highest BCUT2D eigenvalue weighted by Crippen LogP contribution is 2.05. The van der Waals surface area contributed by atoms with Gasteiger partial charge in [-0.1, -0.05) is 54.1 Å². The van der Waals surface area contributed by atoms with Crippen molar-refractivity contribution >= 4 is 10.8 Å². The molecule has 18 heavy (non-hydrogen) atoms. The van der Waals surface area contributed by atoms with Crippen LogP contribution in [0.25, 0.3) is 10.8 Å². The average Bonchev–Trinajstić information content (AvgIpc) is 2.41. The molecule has 0 atom stereocenters. The summed E-state index contributed by atoms with van der Waals surface area (Å²) >= 11 is 0. The molecule has 2 nitrogen and oxygen atoms in total. The standard InChI is InChI=1S/C9H7NO.C7H8/c11-9-8-4-2-1-3-7(8)5-6-10-9;1-7-5-3-2-4-6-7/h1-6H,(H,10,11);2-6H,1H3. The predicted octanol–water partition coefficient (Wildman–Crippen LogP) is 3.52. The van der Waals surface area contributed by atoms with Crippen molar-refractivity contribution in [3.05, 3.63) is 82.8 Å². The molecule has 0 saturated carbocycles. The van der Waals surface area contributed by atoms with Gasteiger partial charge in [0.2, 0.25) is 0 Å². The van der Waals surface area contributed by atoms with E-state index in [9.17, 15) is 4.79 Å². The molecule has 1 heterocycles. The van der Waals surface area contributed by atoms with Crippen LogP contribution >= 0.6 is 0 Å². The second kappa shape index (κ2) is 5.82. The lowest BCUT2D eigenvalue weighted by Crippen LogP contribution is -2.03. The molecule has 3 aromatic rings. The van der Waals surface area contributed by atoms with Crippen LogP contribution in [0.3, 0.4) is 0 Å². The molecule has 0 unspecified atom stereocenters. The quantitative estimate of drug-likeness (QED) is 0.637. The molecule has 0 spiro atoms. The van der Waals surface area contributed by atoms with Crippen molar-refractivity contribution in [3.8, 4) is 0 Å². The summed E-state index contributed by atoms with van der Waals surface area (Å²) in [5.74, 6) is 0. The van der Waals surface area contributed by atoms with E-state index in [1.807, 2.05) is 48.5 Å². The van der Waals surface area contributed by atoms with Crippen molar-refractivity contribution in [2.45, 2.75) is 6.92 Å². The lowest BCUT2D eigenvalue weighted by Gasteiger charge is -1.92. The first kappa shape index (κ1) is 12.1. The Morgan fingerprint density at radius 2 is 1.50 bits per heavy atom. The number of pyridine rings is 1. The van der Waals surface area contributed by atoms with Gasteiger partial charge in [-0.15, -0.1) is 0 Å². The van der Waals surface area contributed by atoms with Gasteiger partial charge in [0.25, 0.3) is 5.56 Å². The summed E-state index contributed by atoms with van der Waals surface area (Å²) in [5.41, 5.74) is 1.30. The highest BCUT2D eigenvalue weighted by atomic mass is 16.1. The highest BCUT2D eigenvalue weighted by Gasteiger charge is 1.92. The summed E-state index contributed by atoms with van der Waals surface area (Å²) in [5, 5.41) is 1.73. The summed E-state index contributed by atoms with van der Waals surface area (Å²) in [6.07, 6.45) is 1.66. The first-order valence-corrected chi connectivity index (χ1v) is 5.85. The second-order valence-electron chi connectivity index (χ2n) is 4.05. The second-order valence-corrected chi connectivity index (χ2v) is 4.05. The Morgan fingerprint density at radius 1 is 0.833 bits per heavy atom. The number of nitrogens with one attached hydrogen (secondary N) is 1. The minimum absolute atomic E-state index is 0.0249. The van der Waals surface area contributed by atoms with E-state index in [0.717, 1.165) is 10.8 Å². The first-order valence-electron chi connectivity index (χ1n) is 5.85. The van der Waals surface area contributed by atoms with Gasteiger partial charge in [-0.2, -0.15) is 0 Å². The molecule has 2 aromatic carbocycles. The number of H-pyrrole nitrogens is 1. The van der Waals surface area contributed by atoms with E-state index in [1.165, 1.54) is 5.56 Å². The third kappa shape index (κ3) is 3.08.